The highest BCUT2D eigenvalue weighted by molar-refractivity contribution is 7.83. The van der Waals surface area contributed by atoms with Crippen molar-refractivity contribution < 1.29 is 22.2 Å². The van der Waals surface area contributed by atoms with Gasteiger partial charge in [-0.1, -0.05) is 13.3 Å². The van der Waals surface area contributed by atoms with Crippen LogP contribution in [0, 0.1) is 6.92 Å². The molecule has 1 aromatic carbocycles. The average Bonchev–Trinajstić information content (AvgIpc) is 2.40. The number of hydrogen-bond acceptors (Lipinski definition) is 5. The molecule has 1 aromatic heterocycles. The molecule has 0 radical (unpaired) electrons. The molecule has 0 saturated carbocycles. The molecule has 0 aliphatic rings. The third-order valence-corrected chi connectivity index (χ3v) is 3.32. The summed E-state index contributed by atoms with van der Waals surface area (Å²) in [6.45, 7) is 3.81. The van der Waals surface area contributed by atoms with Crippen LogP contribution >= 0.6 is 0 Å². The topological polar surface area (TPSA) is 106 Å². The van der Waals surface area contributed by atoms with Gasteiger partial charge in [-0.15, -0.1) is 0 Å². The van der Waals surface area contributed by atoms with Gasteiger partial charge in [0, 0.05) is 17.0 Å². The lowest BCUT2D eigenvalue weighted by Crippen LogP contribution is -2.26. The molecular formula is C13H15NO6S. The molecule has 0 aliphatic heterocycles. The fourth-order valence-electron chi connectivity index (χ4n) is 2.08. The van der Waals surface area contributed by atoms with Crippen LogP contribution in [0.4, 0.5) is 0 Å². The molecule has 0 unspecified atom stereocenters. The van der Waals surface area contributed by atoms with Crippen LogP contribution in [-0.2, 0) is 16.7 Å². The lowest BCUT2D eigenvalue weighted by molar-refractivity contribution is 0.251. The maximum absolute atomic E-state index is 11.9. The van der Waals surface area contributed by atoms with Crippen molar-refractivity contribution in [2.75, 3.05) is 0 Å². The van der Waals surface area contributed by atoms with Crippen molar-refractivity contribution in [1.29, 1.82) is 0 Å². The molecule has 0 amide bonds. The minimum atomic E-state index is -4.47. The van der Waals surface area contributed by atoms with Crippen molar-refractivity contribution in [3.05, 3.63) is 39.7 Å². The van der Waals surface area contributed by atoms with Crippen LogP contribution in [-0.4, -0.2) is 13.0 Å². The SMILES string of the molecule is CCCc1c(C)c2ccc(ONS(=O)(=O)O)cc2oc1=O. The van der Waals surface area contributed by atoms with Gasteiger partial charge in [-0.25, -0.2) is 4.79 Å². The molecule has 0 atom stereocenters. The lowest BCUT2D eigenvalue weighted by Gasteiger charge is -2.08. The minimum Gasteiger partial charge on any atom is -0.422 e. The van der Waals surface area contributed by atoms with Gasteiger partial charge in [-0.3, -0.25) is 4.55 Å². The van der Waals surface area contributed by atoms with E-state index < -0.39 is 15.9 Å². The van der Waals surface area contributed by atoms with Crippen molar-refractivity contribution in [3.63, 3.8) is 0 Å². The number of rotatable bonds is 5. The fraction of sp³-hybridized carbons (Fsp3) is 0.308. The Bertz CT molecular complexity index is 824. The third kappa shape index (κ3) is 3.60. The molecule has 0 aliphatic carbocycles. The second-order valence-corrected chi connectivity index (χ2v) is 5.68. The molecule has 114 valence electrons. The number of nitrogens with one attached hydrogen (secondary N) is 1. The van der Waals surface area contributed by atoms with Crippen LogP contribution in [0.5, 0.6) is 5.75 Å². The Morgan fingerprint density at radius 3 is 2.71 bits per heavy atom. The van der Waals surface area contributed by atoms with Gasteiger partial charge in [0.15, 0.2) is 5.75 Å². The van der Waals surface area contributed by atoms with Crippen LogP contribution in [0.15, 0.2) is 27.4 Å². The highest BCUT2D eigenvalue weighted by Gasteiger charge is 2.12. The monoisotopic (exact) mass is 313 g/mol. The third-order valence-electron chi connectivity index (χ3n) is 3.02. The molecule has 0 bridgehead atoms. The highest BCUT2D eigenvalue weighted by atomic mass is 32.2. The first-order valence-electron chi connectivity index (χ1n) is 6.29. The molecule has 7 nitrogen and oxygen atoms in total. The van der Waals surface area contributed by atoms with E-state index in [9.17, 15) is 13.2 Å². The average molecular weight is 313 g/mol. The number of fused-ring (bicyclic) bond motifs is 1. The molecule has 8 heteroatoms. The summed E-state index contributed by atoms with van der Waals surface area (Å²) in [7, 11) is -4.47. The summed E-state index contributed by atoms with van der Waals surface area (Å²) in [6, 6.07) is 4.54. The summed E-state index contributed by atoms with van der Waals surface area (Å²) < 4.78 is 34.8. The number of hydrogen-bond donors (Lipinski definition) is 2. The second kappa shape index (κ2) is 5.84. The van der Waals surface area contributed by atoms with Crippen molar-refractivity contribution in [3.8, 4) is 5.75 Å². The summed E-state index contributed by atoms with van der Waals surface area (Å²) in [5.41, 5.74) is 1.33. The van der Waals surface area contributed by atoms with E-state index >= 15 is 0 Å². The van der Waals surface area contributed by atoms with Crippen molar-refractivity contribution in [2.45, 2.75) is 26.7 Å². The minimum absolute atomic E-state index is 0.0888. The number of aryl methyl sites for hydroxylation is 1. The van der Waals surface area contributed by atoms with Gasteiger partial charge in [0.2, 0.25) is 0 Å². The molecule has 2 rings (SSSR count). The van der Waals surface area contributed by atoms with E-state index in [1.807, 2.05) is 13.8 Å². The Balaban J connectivity index is 2.45. The first kappa shape index (κ1) is 15.5. The van der Waals surface area contributed by atoms with E-state index in [1.165, 1.54) is 17.0 Å². The zero-order chi connectivity index (χ0) is 15.6. The van der Waals surface area contributed by atoms with Gasteiger partial charge < -0.3 is 9.25 Å². The van der Waals surface area contributed by atoms with Gasteiger partial charge >= 0.3 is 15.9 Å². The maximum Gasteiger partial charge on any atom is 0.364 e. The van der Waals surface area contributed by atoms with Crippen LogP contribution in [0.3, 0.4) is 0 Å². The Morgan fingerprint density at radius 1 is 1.38 bits per heavy atom. The van der Waals surface area contributed by atoms with Gasteiger partial charge in [0.25, 0.3) is 0 Å². The Hall–Kier alpha value is -1.90. The van der Waals surface area contributed by atoms with E-state index in [1.54, 1.807) is 6.07 Å². The second-order valence-electron chi connectivity index (χ2n) is 4.56. The Morgan fingerprint density at radius 2 is 2.10 bits per heavy atom. The van der Waals surface area contributed by atoms with Crippen molar-refractivity contribution >= 4 is 21.3 Å². The van der Waals surface area contributed by atoms with Crippen LogP contribution in [0.1, 0.15) is 24.5 Å². The first-order valence-corrected chi connectivity index (χ1v) is 7.73. The molecule has 0 fully saturated rings. The summed E-state index contributed by atoms with van der Waals surface area (Å²) >= 11 is 0. The first-order chi connectivity index (χ1) is 9.81. The van der Waals surface area contributed by atoms with E-state index in [4.69, 9.17) is 8.97 Å². The molecule has 0 saturated heterocycles. The zero-order valence-electron chi connectivity index (χ0n) is 11.5. The zero-order valence-corrected chi connectivity index (χ0v) is 12.4. The van der Waals surface area contributed by atoms with Crippen LogP contribution in [0.25, 0.3) is 11.0 Å². The molecule has 2 aromatic rings. The van der Waals surface area contributed by atoms with Gasteiger partial charge in [0.05, 0.1) is 0 Å². The van der Waals surface area contributed by atoms with Crippen molar-refractivity contribution in [2.24, 2.45) is 0 Å². The summed E-state index contributed by atoms with van der Waals surface area (Å²) in [6.07, 6.45) is 1.46. The highest BCUT2D eigenvalue weighted by Crippen LogP contribution is 2.24. The normalized spacial score (nSPS) is 11.8. The largest absolute Gasteiger partial charge is 0.422 e. The number of benzene rings is 1. The standard InChI is InChI=1S/C13H15NO6S/c1-3-4-11-8(2)10-6-5-9(20-14-21(16,17)18)7-12(10)19-13(11)15/h5-7,14H,3-4H2,1-2H3,(H,16,17,18). The van der Waals surface area contributed by atoms with Crippen molar-refractivity contribution in [1.82, 2.24) is 4.89 Å². The van der Waals surface area contributed by atoms with Crippen LogP contribution in [0.2, 0.25) is 0 Å². The van der Waals surface area contributed by atoms with Gasteiger partial charge in [-0.2, -0.15) is 8.42 Å². The fourth-order valence-corrected chi connectivity index (χ4v) is 2.28. The molecule has 0 spiro atoms. The van der Waals surface area contributed by atoms with E-state index in [2.05, 4.69) is 4.84 Å². The van der Waals surface area contributed by atoms with Crippen LogP contribution < -0.4 is 15.3 Å². The quantitative estimate of drug-likeness (QED) is 0.495. The molecule has 2 N–H and O–H groups in total. The molecule has 1 heterocycles. The predicted octanol–water partition coefficient (Wildman–Crippen LogP) is 1.74. The molecular weight excluding hydrogens is 298 g/mol. The molecule has 21 heavy (non-hydrogen) atoms. The van der Waals surface area contributed by atoms with Gasteiger partial charge in [-0.05, 0) is 35.9 Å². The summed E-state index contributed by atoms with van der Waals surface area (Å²) in [4.78, 5) is 18.1. The Kier molecular flexibility index (Phi) is 4.31. The summed E-state index contributed by atoms with van der Waals surface area (Å²) in [5.74, 6) is 0.0888. The lowest BCUT2D eigenvalue weighted by atomic mass is 10.0. The van der Waals surface area contributed by atoms with E-state index in [0.717, 1.165) is 17.4 Å². The predicted molar refractivity (Wildman–Crippen MR) is 76.5 cm³/mol. The smallest absolute Gasteiger partial charge is 0.364 e. The Labute approximate surface area is 121 Å². The van der Waals surface area contributed by atoms with E-state index in [0.29, 0.717) is 12.0 Å². The van der Waals surface area contributed by atoms with Gasteiger partial charge in [0.1, 0.15) is 5.58 Å². The van der Waals surface area contributed by atoms with E-state index in [-0.39, 0.29) is 11.3 Å². The maximum atomic E-state index is 11.9. The summed E-state index contributed by atoms with van der Waals surface area (Å²) in [5, 5.41) is 0.747.